The predicted molar refractivity (Wildman–Crippen MR) is 75.3 cm³/mol. The van der Waals surface area contributed by atoms with E-state index in [4.69, 9.17) is 27.1 Å². The van der Waals surface area contributed by atoms with Gasteiger partial charge >= 0.3 is 0 Å². The zero-order valence-corrected chi connectivity index (χ0v) is 12.2. The van der Waals surface area contributed by atoms with E-state index in [0.29, 0.717) is 31.0 Å². The Labute approximate surface area is 117 Å². The number of nitrogens with zero attached hydrogens (tertiary/aromatic N) is 1. The number of carbonyl (C=O) groups excluding carboxylic acids is 1. The van der Waals surface area contributed by atoms with Crippen LogP contribution in [0.3, 0.4) is 0 Å². The lowest BCUT2D eigenvalue weighted by atomic mass is 10.1. The first-order valence-electron chi connectivity index (χ1n) is 6.18. The van der Waals surface area contributed by atoms with E-state index in [2.05, 4.69) is 0 Å². The number of rotatable bonds is 2. The van der Waals surface area contributed by atoms with Gasteiger partial charge in [0, 0.05) is 12.1 Å². The van der Waals surface area contributed by atoms with Crippen LogP contribution >= 0.6 is 12.2 Å². The number of aryl methyl sites for hydroxylation is 2. The molecule has 1 amide bonds. The number of furan rings is 1. The van der Waals surface area contributed by atoms with Crippen molar-refractivity contribution in [3.05, 3.63) is 22.6 Å². The van der Waals surface area contributed by atoms with Crippen LogP contribution in [-0.2, 0) is 4.74 Å². The molecule has 0 saturated carbocycles. The van der Waals surface area contributed by atoms with E-state index < -0.39 is 0 Å². The fourth-order valence-electron chi connectivity index (χ4n) is 2.27. The van der Waals surface area contributed by atoms with Crippen LogP contribution in [-0.4, -0.2) is 41.6 Å². The maximum atomic E-state index is 12.5. The first kappa shape index (κ1) is 14.0. The molecular formula is C13H18N2O3S. The molecule has 0 spiro atoms. The molecule has 5 nitrogen and oxygen atoms in total. The Hall–Kier alpha value is -1.40. The highest BCUT2D eigenvalue weighted by Crippen LogP contribution is 2.23. The Balaban J connectivity index is 2.22. The minimum Gasteiger partial charge on any atom is -0.466 e. The zero-order valence-electron chi connectivity index (χ0n) is 11.4. The van der Waals surface area contributed by atoms with Crippen molar-refractivity contribution < 1.29 is 13.9 Å². The molecule has 1 aliphatic heterocycles. The van der Waals surface area contributed by atoms with E-state index in [1.165, 1.54) is 0 Å². The zero-order chi connectivity index (χ0) is 14.2. The van der Waals surface area contributed by atoms with Crippen LogP contribution in [0.2, 0.25) is 0 Å². The Bertz CT molecular complexity index is 524. The van der Waals surface area contributed by atoms with Crippen molar-refractivity contribution in [2.75, 3.05) is 19.7 Å². The summed E-state index contributed by atoms with van der Waals surface area (Å²) in [5, 5.41) is 0. The molecule has 1 saturated heterocycles. The second kappa shape index (κ2) is 5.30. The SMILES string of the molecule is Cc1oc(C)c(C(=O)N2CCOC(C(N)=S)C2)c1C. The molecule has 1 aromatic heterocycles. The largest absolute Gasteiger partial charge is 0.466 e. The molecule has 19 heavy (non-hydrogen) atoms. The van der Waals surface area contributed by atoms with Gasteiger partial charge < -0.3 is 19.8 Å². The second-order valence-corrected chi connectivity index (χ2v) is 5.20. The fraction of sp³-hybridized carbons (Fsp3) is 0.538. The minimum absolute atomic E-state index is 0.0450. The average Bonchev–Trinajstić information content (AvgIpc) is 2.62. The molecule has 2 rings (SSSR count). The maximum absolute atomic E-state index is 12.5. The normalized spacial score (nSPS) is 19.5. The number of hydrogen-bond donors (Lipinski definition) is 1. The smallest absolute Gasteiger partial charge is 0.257 e. The van der Waals surface area contributed by atoms with E-state index in [-0.39, 0.29) is 17.0 Å². The van der Waals surface area contributed by atoms with Crippen LogP contribution in [0.25, 0.3) is 0 Å². The van der Waals surface area contributed by atoms with Gasteiger partial charge in [-0.3, -0.25) is 4.79 Å². The molecule has 104 valence electrons. The van der Waals surface area contributed by atoms with Gasteiger partial charge in [0.15, 0.2) is 0 Å². The molecule has 1 aliphatic rings. The molecule has 0 aromatic carbocycles. The third-order valence-corrected chi connectivity index (χ3v) is 3.71. The van der Waals surface area contributed by atoms with Gasteiger partial charge in [0.25, 0.3) is 5.91 Å². The summed E-state index contributed by atoms with van der Waals surface area (Å²) in [5.41, 5.74) is 7.11. The van der Waals surface area contributed by atoms with Gasteiger partial charge in [0.2, 0.25) is 0 Å². The maximum Gasteiger partial charge on any atom is 0.257 e. The molecule has 1 fully saturated rings. The van der Waals surface area contributed by atoms with Crippen LogP contribution in [0.15, 0.2) is 4.42 Å². The third-order valence-electron chi connectivity index (χ3n) is 3.45. The van der Waals surface area contributed by atoms with Gasteiger partial charge in [0.05, 0.1) is 18.7 Å². The Morgan fingerprint density at radius 2 is 2.05 bits per heavy atom. The van der Waals surface area contributed by atoms with Crippen molar-refractivity contribution in [3.63, 3.8) is 0 Å². The lowest BCUT2D eigenvalue weighted by Gasteiger charge is -2.32. The quantitative estimate of drug-likeness (QED) is 0.829. The number of thiocarbonyl (C=S) groups is 1. The molecule has 1 aromatic rings. The number of morpholine rings is 1. The van der Waals surface area contributed by atoms with Gasteiger partial charge in [-0.05, 0) is 20.8 Å². The number of ether oxygens (including phenoxy) is 1. The van der Waals surface area contributed by atoms with Crippen LogP contribution in [0.4, 0.5) is 0 Å². The van der Waals surface area contributed by atoms with E-state index in [1.54, 1.807) is 11.8 Å². The highest BCUT2D eigenvalue weighted by Gasteiger charge is 2.29. The number of hydrogen-bond acceptors (Lipinski definition) is 4. The molecule has 0 bridgehead atoms. The third kappa shape index (κ3) is 2.64. The first-order chi connectivity index (χ1) is 8.91. The van der Waals surface area contributed by atoms with Crippen LogP contribution in [0.5, 0.6) is 0 Å². The van der Waals surface area contributed by atoms with Crippen LogP contribution in [0.1, 0.15) is 27.4 Å². The minimum atomic E-state index is -0.360. The molecular weight excluding hydrogens is 264 g/mol. The van der Waals surface area contributed by atoms with Gasteiger partial charge in [-0.1, -0.05) is 12.2 Å². The number of amides is 1. The lowest BCUT2D eigenvalue weighted by molar-refractivity contribution is 0.00867. The summed E-state index contributed by atoms with van der Waals surface area (Å²) in [7, 11) is 0. The Kier molecular flexibility index (Phi) is 3.91. The summed E-state index contributed by atoms with van der Waals surface area (Å²) >= 11 is 4.92. The van der Waals surface area contributed by atoms with Crippen molar-refractivity contribution in [3.8, 4) is 0 Å². The summed E-state index contributed by atoms with van der Waals surface area (Å²) in [6, 6.07) is 0. The van der Waals surface area contributed by atoms with Gasteiger partial charge in [-0.2, -0.15) is 0 Å². The summed E-state index contributed by atoms with van der Waals surface area (Å²) in [6.07, 6.45) is -0.360. The standard InChI is InChI=1S/C13H18N2O3S/c1-7-8(2)18-9(3)11(7)13(16)15-4-5-17-10(6-15)12(14)19/h10H,4-6H2,1-3H3,(H2,14,19). The van der Waals surface area contributed by atoms with Crippen molar-refractivity contribution in [1.29, 1.82) is 0 Å². The van der Waals surface area contributed by atoms with Crippen LogP contribution < -0.4 is 5.73 Å². The van der Waals surface area contributed by atoms with Crippen molar-refractivity contribution >= 4 is 23.1 Å². The van der Waals surface area contributed by atoms with E-state index in [9.17, 15) is 4.79 Å². The predicted octanol–water partition coefficient (Wildman–Crippen LogP) is 1.33. The lowest BCUT2D eigenvalue weighted by Crippen LogP contribution is -2.50. The topological polar surface area (TPSA) is 68.7 Å². The van der Waals surface area contributed by atoms with E-state index >= 15 is 0 Å². The van der Waals surface area contributed by atoms with E-state index in [1.807, 2.05) is 13.8 Å². The summed E-state index contributed by atoms with van der Waals surface area (Å²) in [4.78, 5) is 14.6. The number of carbonyl (C=O) groups is 1. The summed E-state index contributed by atoms with van der Waals surface area (Å²) < 4.78 is 10.9. The van der Waals surface area contributed by atoms with E-state index in [0.717, 1.165) is 11.3 Å². The monoisotopic (exact) mass is 282 g/mol. The van der Waals surface area contributed by atoms with Gasteiger partial charge in [-0.25, -0.2) is 0 Å². The van der Waals surface area contributed by atoms with Crippen LogP contribution in [0, 0.1) is 20.8 Å². The fourth-order valence-corrected chi connectivity index (χ4v) is 2.41. The Morgan fingerprint density at radius 1 is 1.37 bits per heavy atom. The highest BCUT2D eigenvalue weighted by atomic mass is 32.1. The van der Waals surface area contributed by atoms with Crippen molar-refractivity contribution in [2.45, 2.75) is 26.9 Å². The molecule has 2 heterocycles. The number of nitrogens with two attached hydrogens (primary N) is 1. The molecule has 1 atom stereocenters. The molecule has 6 heteroatoms. The summed E-state index contributed by atoms with van der Waals surface area (Å²) in [6.45, 7) is 6.94. The second-order valence-electron chi connectivity index (χ2n) is 4.73. The molecule has 1 unspecified atom stereocenters. The van der Waals surface area contributed by atoms with Gasteiger partial charge in [-0.15, -0.1) is 0 Å². The molecule has 0 radical (unpaired) electrons. The van der Waals surface area contributed by atoms with Gasteiger partial charge in [0.1, 0.15) is 22.6 Å². The Morgan fingerprint density at radius 3 is 2.58 bits per heavy atom. The first-order valence-corrected chi connectivity index (χ1v) is 6.59. The average molecular weight is 282 g/mol. The summed E-state index contributed by atoms with van der Waals surface area (Å²) in [5.74, 6) is 1.38. The molecule has 0 aliphatic carbocycles. The van der Waals surface area contributed by atoms with Crippen molar-refractivity contribution in [1.82, 2.24) is 4.90 Å². The highest BCUT2D eigenvalue weighted by molar-refractivity contribution is 7.80. The van der Waals surface area contributed by atoms with Crippen molar-refractivity contribution in [2.24, 2.45) is 5.73 Å². The molecule has 2 N–H and O–H groups in total.